The molecule has 0 bridgehead atoms. The Hall–Kier alpha value is -0.830. The Bertz CT molecular complexity index is 220. The zero-order chi connectivity index (χ0) is 13.1. The van der Waals surface area contributed by atoms with Gasteiger partial charge in [0.2, 0.25) is 5.91 Å². The Morgan fingerprint density at radius 3 is 2.18 bits per heavy atom. The highest BCUT2D eigenvalue weighted by Crippen LogP contribution is 1.98. The van der Waals surface area contributed by atoms with Gasteiger partial charge in [0.15, 0.2) is 0 Å². The van der Waals surface area contributed by atoms with Gasteiger partial charge < -0.3 is 10.2 Å². The van der Waals surface area contributed by atoms with E-state index in [0.717, 1.165) is 25.9 Å². The molecule has 0 saturated heterocycles. The molecule has 0 heterocycles. The Kier molecular flexibility index (Phi) is 9.83. The summed E-state index contributed by atoms with van der Waals surface area (Å²) in [7, 11) is 0. The van der Waals surface area contributed by atoms with Gasteiger partial charge in [0.05, 0.1) is 0 Å². The third-order valence-corrected chi connectivity index (χ3v) is 2.65. The lowest BCUT2D eigenvalue weighted by molar-refractivity contribution is -0.117. The fraction of sp³-hybridized carbons (Fsp3) is 0.786. The van der Waals surface area contributed by atoms with Crippen LogP contribution in [0.2, 0.25) is 0 Å². The van der Waals surface area contributed by atoms with Crippen LogP contribution in [0.5, 0.6) is 0 Å². The fourth-order valence-corrected chi connectivity index (χ4v) is 1.78. The van der Waals surface area contributed by atoms with Crippen molar-refractivity contribution in [2.24, 2.45) is 0 Å². The third kappa shape index (κ3) is 8.93. The number of carbonyl (C=O) groups is 1. The molecular weight excluding hydrogens is 212 g/mol. The van der Waals surface area contributed by atoms with E-state index in [1.807, 2.05) is 0 Å². The van der Waals surface area contributed by atoms with Gasteiger partial charge >= 0.3 is 0 Å². The van der Waals surface area contributed by atoms with E-state index in [0.29, 0.717) is 5.57 Å². The van der Waals surface area contributed by atoms with Crippen LogP contribution in [0.1, 0.15) is 46.5 Å². The molecule has 0 aromatic heterocycles. The smallest absolute Gasteiger partial charge is 0.246 e. The normalized spacial score (nSPS) is 10.6. The minimum absolute atomic E-state index is 0.0241. The second kappa shape index (κ2) is 10.3. The van der Waals surface area contributed by atoms with Gasteiger partial charge in [0.25, 0.3) is 0 Å². The van der Waals surface area contributed by atoms with Crippen molar-refractivity contribution in [3.8, 4) is 0 Å². The highest BCUT2D eigenvalue weighted by Gasteiger charge is 2.03. The maximum Gasteiger partial charge on any atom is 0.246 e. The second-order valence-electron chi connectivity index (χ2n) is 4.58. The Morgan fingerprint density at radius 1 is 1.12 bits per heavy atom. The van der Waals surface area contributed by atoms with Crippen LogP contribution in [-0.2, 0) is 4.79 Å². The SMILES string of the molecule is C=C(C)C(=O)NCCCCN(CCC)CCC. The van der Waals surface area contributed by atoms with E-state index in [2.05, 4.69) is 30.6 Å². The van der Waals surface area contributed by atoms with Gasteiger partial charge in [0.1, 0.15) is 0 Å². The number of hydrogen-bond donors (Lipinski definition) is 1. The molecule has 0 aliphatic carbocycles. The molecule has 100 valence electrons. The first kappa shape index (κ1) is 16.2. The van der Waals surface area contributed by atoms with Crippen molar-refractivity contribution in [2.45, 2.75) is 46.5 Å². The molecule has 1 N–H and O–H groups in total. The second-order valence-corrected chi connectivity index (χ2v) is 4.58. The van der Waals surface area contributed by atoms with Gasteiger partial charge in [-0.25, -0.2) is 0 Å². The van der Waals surface area contributed by atoms with Crippen LogP contribution < -0.4 is 5.32 Å². The first-order valence-corrected chi connectivity index (χ1v) is 6.77. The van der Waals surface area contributed by atoms with Crippen LogP contribution in [0.15, 0.2) is 12.2 Å². The molecule has 0 atom stereocenters. The molecule has 0 aliphatic rings. The van der Waals surface area contributed by atoms with Gasteiger partial charge in [-0.2, -0.15) is 0 Å². The highest BCUT2D eigenvalue weighted by atomic mass is 16.1. The standard InChI is InChI=1S/C14H28N2O/c1-5-10-16(11-6-2)12-8-7-9-15-14(17)13(3)4/h3,5-12H2,1-2,4H3,(H,15,17). The van der Waals surface area contributed by atoms with E-state index in [1.54, 1.807) is 6.92 Å². The van der Waals surface area contributed by atoms with Gasteiger partial charge in [-0.3, -0.25) is 4.79 Å². The molecule has 0 aromatic carbocycles. The highest BCUT2D eigenvalue weighted by molar-refractivity contribution is 5.91. The van der Waals surface area contributed by atoms with E-state index in [9.17, 15) is 4.79 Å². The van der Waals surface area contributed by atoms with Crippen molar-refractivity contribution < 1.29 is 4.79 Å². The molecule has 0 spiro atoms. The lowest BCUT2D eigenvalue weighted by Gasteiger charge is -2.20. The fourth-order valence-electron chi connectivity index (χ4n) is 1.78. The first-order chi connectivity index (χ1) is 8.11. The van der Waals surface area contributed by atoms with E-state index in [1.165, 1.54) is 25.9 Å². The zero-order valence-corrected chi connectivity index (χ0v) is 11.7. The Labute approximate surface area is 106 Å². The van der Waals surface area contributed by atoms with Gasteiger partial charge in [-0.15, -0.1) is 0 Å². The van der Waals surface area contributed by atoms with E-state index < -0.39 is 0 Å². The molecule has 3 heteroatoms. The summed E-state index contributed by atoms with van der Waals surface area (Å²) < 4.78 is 0. The summed E-state index contributed by atoms with van der Waals surface area (Å²) in [5, 5.41) is 2.86. The Morgan fingerprint density at radius 2 is 1.71 bits per heavy atom. The average molecular weight is 240 g/mol. The maximum absolute atomic E-state index is 11.2. The van der Waals surface area contributed by atoms with Gasteiger partial charge in [-0.1, -0.05) is 20.4 Å². The van der Waals surface area contributed by atoms with Crippen LogP contribution in [0.3, 0.4) is 0 Å². The summed E-state index contributed by atoms with van der Waals surface area (Å²) in [4.78, 5) is 13.7. The molecule has 1 amide bonds. The van der Waals surface area contributed by atoms with E-state index >= 15 is 0 Å². The molecule has 0 rings (SSSR count). The summed E-state index contributed by atoms with van der Waals surface area (Å²) >= 11 is 0. The summed E-state index contributed by atoms with van der Waals surface area (Å²) in [6.45, 7) is 14.1. The molecule has 0 unspecified atom stereocenters. The summed E-state index contributed by atoms with van der Waals surface area (Å²) in [5.41, 5.74) is 0.587. The van der Waals surface area contributed by atoms with Crippen LogP contribution in [-0.4, -0.2) is 37.0 Å². The minimum atomic E-state index is -0.0241. The maximum atomic E-state index is 11.2. The number of nitrogens with one attached hydrogen (secondary N) is 1. The van der Waals surface area contributed by atoms with Crippen molar-refractivity contribution in [2.75, 3.05) is 26.2 Å². The quantitative estimate of drug-likeness (QED) is 0.470. The monoisotopic (exact) mass is 240 g/mol. The summed E-state index contributed by atoms with van der Waals surface area (Å²) in [6.07, 6.45) is 4.62. The molecule has 0 aliphatic heterocycles. The predicted molar refractivity (Wildman–Crippen MR) is 74.1 cm³/mol. The van der Waals surface area contributed by atoms with Crippen molar-refractivity contribution in [3.63, 3.8) is 0 Å². The predicted octanol–water partition coefficient (Wildman–Crippen LogP) is 2.58. The molecular formula is C14H28N2O. The lowest BCUT2D eigenvalue weighted by Crippen LogP contribution is -2.28. The van der Waals surface area contributed by atoms with Crippen LogP contribution in [0.4, 0.5) is 0 Å². The van der Waals surface area contributed by atoms with Crippen molar-refractivity contribution in [3.05, 3.63) is 12.2 Å². The average Bonchev–Trinajstić information content (AvgIpc) is 2.28. The topological polar surface area (TPSA) is 32.3 Å². The van der Waals surface area contributed by atoms with Crippen molar-refractivity contribution in [1.29, 1.82) is 0 Å². The molecule has 0 radical (unpaired) electrons. The minimum Gasteiger partial charge on any atom is -0.352 e. The number of hydrogen-bond acceptors (Lipinski definition) is 2. The molecule has 17 heavy (non-hydrogen) atoms. The molecule has 0 aromatic rings. The van der Waals surface area contributed by atoms with Gasteiger partial charge in [-0.05, 0) is 52.2 Å². The largest absolute Gasteiger partial charge is 0.352 e. The molecule has 0 saturated carbocycles. The summed E-state index contributed by atoms with van der Waals surface area (Å²) in [6, 6.07) is 0. The van der Waals surface area contributed by atoms with Crippen LogP contribution in [0.25, 0.3) is 0 Å². The molecule has 0 fully saturated rings. The van der Waals surface area contributed by atoms with Gasteiger partial charge in [0, 0.05) is 12.1 Å². The Balaban J connectivity index is 3.54. The van der Waals surface area contributed by atoms with Crippen LogP contribution >= 0.6 is 0 Å². The van der Waals surface area contributed by atoms with E-state index in [4.69, 9.17) is 0 Å². The number of nitrogens with zero attached hydrogens (tertiary/aromatic N) is 1. The van der Waals surface area contributed by atoms with Crippen molar-refractivity contribution >= 4 is 5.91 Å². The lowest BCUT2D eigenvalue weighted by atomic mass is 10.2. The molecule has 3 nitrogen and oxygen atoms in total. The number of carbonyl (C=O) groups excluding carboxylic acids is 1. The van der Waals surface area contributed by atoms with Crippen LogP contribution in [0, 0.1) is 0 Å². The number of rotatable bonds is 10. The zero-order valence-electron chi connectivity index (χ0n) is 11.7. The van der Waals surface area contributed by atoms with Crippen molar-refractivity contribution in [1.82, 2.24) is 10.2 Å². The third-order valence-electron chi connectivity index (χ3n) is 2.65. The first-order valence-electron chi connectivity index (χ1n) is 6.77. The number of unbranched alkanes of at least 4 members (excludes halogenated alkanes) is 1. The van der Waals surface area contributed by atoms with E-state index in [-0.39, 0.29) is 5.91 Å². The number of amides is 1. The summed E-state index contributed by atoms with van der Waals surface area (Å²) in [5.74, 6) is -0.0241.